The van der Waals surface area contributed by atoms with Gasteiger partial charge in [0.05, 0.1) is 11.4 Å². The van der Waals surface area contributed by atoms with Crippen LogP contribution in [0.4, 0.5) is 11.4 Å². The molecule has 1 N–H and O–H groups in total. The number of benzene rings is 1. The second-order valence-electron chi connectivity index (χ2n) is 4.33. The maximum atomic E-state index is 12.1. The number of hydrogen-bond donors (Lipinski definition) is 1. The highest BCUT2D eigenvalue weighted by atomic mass is 16.2. The molecule has 4 heteroatoms. The van der Waals surface area contributed by atoms with E-state index in [1.807, 2.05) is 25.1 Å². The average Bonchev–Trinajstić information content (AvgIpc) is 2.43. The first-order chi connectivity index (χ1) is 8.63. The summed E-state index contributed by atoms with van der Waals surface area (Å²) in [7, 11) is 0. The van der Waals surface area contributed by atoms with E-state index in [1.165, 1.54) is 6.08 Å². The molecule has 1 aliphatic rings. The van der Waals surface area contributed by atoms with Crippen molar-refractivity contribution in [2.45, 2.75) is 26.3 Å². The molecule has 0 bridgehead atoms. The second-order valence-corrected chi connectivity index (χ2v) is 4.33. The van der Waals surface area contributed by atoms with Crippen LogP contribution in [0.15, 0.2) is 36.4 Å². The number of rotatable bonds is 1. The third-order valence-corrected chi connectivity index (χ3v) is 2.91. The van der Waals surface area contributed by atoms with Gasteiger partial charge in [-0.05, 0) is 32.1 Å². The summed E-state index contributed by atoms with van der Waals surface area (Å²) in [4.78, 5) is 25.5. The molecule has 0 aliphatic carbocycles. The lowest BCUT2D eigenvalue weighted by Crippen LogP contribution is -2.37. The molecule has 0 radical (unpaired) electrons. The number of carbonyl (C=O) groups is 2. The molecule has 0 spiro atoms. The highest BCUT2D eigenvalue weighted by Crippen LogP contribution is 2.31. The van der Waals surface area contributed by atoms with Crippen molar-refractivity contribution in [3.8, 4) is 0 Å². The fourth-order valence-electron chi connectivity index (χ4n) is 2.15. The van der Waals surface area contributed by atoms with Gasteiger partial charge in [-0.15, -0.1) is 0 Å². The topological polar surface area (TPSA) is 49.4 Å². The van der Waals surface area contributed by atoms with Crippen LogP contribution in [0.1, 0.15) is 20.3 Å². The number of para-hydroxylation sites is 2. The summed E-state index contributed by atoms with van der Waals surface area (Å²) in [5.74, 6) is -0.167. The lowest BCUT2D eigenvalue weighted by molar-refractivity contribution is -0.116. The van der Waals surface area contributed by atoms with Crippen LogP contribution in [0.5, 0.6) is 0 Å². The van der Waals surface area contributed by atoms with Gasteiger partial charge in [0, 0.05) is 12.5 Å². The van der Waals surface area contributed by atoms with Gasteiger partial charge in [0.15, 0.2) is 0 Å². The van der Waals surface area contributed by atoms with Crippen LogP contribution in [0.25, 0.3) is 0 Å². The van der Waals surface area contributed by atoms with Crippen molar-refractivity contribution in [3.63, 3.8) is 0 Å². The fourth-order valence-corrected chi connectivity index (χ4v) is 2.15. The van der Waals surface area contributed by atoms with Crippen LogP contribution >= 0.6 is 0 Å². The minimum absolute atomic E-state index is 0.0641. The van der Waals surface area contributed by atoms with Crippen molar-refractivity contribution in [3.05, 3.63) is 36.4 Å². The third-order valence-electron chi connectivity index (χ3n) is 2.91. The molecule has 1 aliphatic heterocycles. The summed E-state index contributed by atoms with van der Waals surface area (Å²) >= 11 is 0. The van der Waals surface area contributed by atoms with Gasteiger partial charge >= 0.3 is 0 Å². The zero-order valence-corrected chi connectivity index (χ0v) is 10.5. The smallest absolute Gasteiger partial charge is 0.250 e. The molecule has 2 amide bonds. The first-order valence-electron chi connectivity index (χ1n) is 5.98. The van der Waals surface area contributed by atoms with E-state index in [9.17, 15) is 9.59 Å². The standard InChI is InChI=1S/C14H16N2O2/c1-3-6-14(18)16-10(2)9-13(17)15-11-7-4-5-8-12(11)16/h3-8,10H,9H2,1-2H3,(H,15,17)/b6-3-/t10-/m0/s1. The van der Waals surface area contributed by atoms with Crippen LogP contribution in [0, 0.1) is 0 Å². The largest absolute Gasteiger partial charge is 0.324 e. The van der Waals surface area contributed by atoms with Crippen LogP contribution < -0.4 is 10.2 Å². The van der Waals surface area contributed by atoms with Crippen LogP contribution in [0.3, 0.4) is 0 Å². The maximum absolute atomic E-state index is 12.1. The van der Waals surface area contributed by atoms with Crippen LogP contribution in [-0.4, -0.2) is 17.9 Å². The van der Waals surface area contributed by atoms with Crippen molar-refractivity contribution in [2.75, 3.05) is 10.2 Å². The van der Waals surface area contributed by atoms with Gasteiger partial charge in [0.1, 0.15) is 0 Å². The van der Waals surface area contributed by atoms with E-state index in [-0.39, 0.29) is 17.9 Å². The predicted octanol–water partition coefficient (Wildman–Crippen LogP) is 2.33. The van der Waals surface area contributed by atoms with E-state index >= 15 is 0 Å². The van der Waals surface area contributed by atoms with E-state index in [1.54, 1.807) is 24.0 Å². The summed E-state index contributed by atoms with van der Waals surface area (Å²) in [6.45, 7) is 3.68. The molecule has 1 aromatic rings. The molecule has 0 saturated heterocycles. The van der Waals surface area contributed by atoms with Gasteiger partial charge in [-0.2, -0.15) is 0 Å². The predicted molar refractivity (Wildman–Crippen MR) is 71.5 cm³/mol. The SMILES string of the molecule is C/C=C\C(=O)N1c2ccccc2NC(=O)C[C@@H]1C. The number of amides is 2. The molecule has 1 atom stereocenters. The lowest BCUT2D eigenvalue weighted by atomic mass is 10.1. The fraction of sp³-hybridized carbons (Fsp3) is 0.286. The first kappa shape index (κ1) is 12.4. The molecule has 1 heterocycles. The van der Waals surface area contributed by atoms with Crippen molar-refractivity contribution in [2.24, 2.45) is 0 Å². The molecule has 1 aromatic carbocycles. The Bertz CT molecular complexity index is 508. The monoisotopic (exact) mass is 244 g/mol. The van der Waals surface area contributed by atoms with Gasteiger partial charge in [0.25, 0.3) is 5.91 Å². The van der Waals surface area contributed by atoms with Crippen molar-refractivity contribution in [1.82, 2.24) is 0 Å². The Morgan fingerprint density at radius 2 is 2.17 bits per heavy atom. The molecule has 4 nitrogen and oxygen atoms in total. The van der Waals surface area contributed by atoms with E-state index in [0.717, 1.165) is 5.69 Å². The van der Waals surface area contributed by atoms with Gasteiger partial charge < -0.3 is 10.2 Å². The number of nitrogens with one attached hydrogen (secondary N) is 1. The normalized spacial score (nSPS) is 19.3. The van der Waals surface area contributed by atoms with Crippen molar-refractivity contribution < 1.29 is 9.59 Å². The molecule has 18 heavy (non-hydrogen) atoms. The molecule has 0 fully saturated rings. The molecule has 94 valence electrons. The third kappa shape index (κ3) is 2.27. The Hall–Kier alpha value is -2.10. The summed E-state index contributed by atoms with van der Waals surface area (Å²) in [5, 5.41) is 2.82. The Morgan fingerprint density at radius 1 is 1.44 bits per heavy atom. The number of anilines is 2. The van der Waals surface area contributed by atoms with Crippen molar-refractivity contribution in [1.29, 1.82) is 0 Å². The molecule has 0 aromatic heterocycles. The van der Waals surface area contributed by atoms with Gasteiger partial charge in [-0.1, -0.05) is 18.2 Å². The number of allylic oxidation sites excluding steroid dienone is 1. The summed E-state index contributed by atoms with van der Waals surface area (Å²) in [6.07, 6.45) is 3.53. The number of carbonyl (C=O) groups excluding carboxylic acids is 2. The van der Waals surface area contributed by atoms with Crippen LogP contribution in [-0.2, 0) is 9.59 Å². The molecular weight excluding hydrogens is 228 g/mol. The quantitative estimate of drug-likeness (QED) is 0.771. The second kappa shape index (κ2) is 5.04. The minimum atomic E-state index is -0.155. The minimum Gasteiger partial charge on any atom is -0.324 e. The van der Waals surface area contributed by atoms with Crippen LogP contribution in [0.2, 0.25) is 0 Å². The Kier molecular flexibility index (Phi) is 3.46. The average molecular weight is 244 g/mol. The van der Waals surface area contributed by atoms with Gasteiger partial charge in [-0.3, -0.25) is 9.59 Å². The molecule has 0 unspecified atom stereocenters. The van der Waals surface area contributed by atoms with E-state index in [2.05, 4.69) is 5.32 Å². The molecular formula is C14H16N2O2. The lowest BCUT2D eigenvalue weighted by Gasteiger charge is -2.26. The molecule has 0 saturated carbocycles. The zero-order chi connectivity index (χ0) is 13.1. The zero-order valence-electron chi connectivity index (χ0n) is 10.5. The summed E-state index contributed by atoms with van der Waals surface area (Å²) in [6, 6.07) is 7.20. The highest BCUT2D eigenvalue weighted by Gasteiger charge is 2.28. The Balaban J connectivity index is 2.49. The Labute approximate surface area is 106 Å². The molecule has 2 rings (SSSR count). The number of nitrogens with zero attached hydrogens (tertiary/aromatic N) is 1. The van der Waals surface area contributed by atoms with Gasteiger partial charge in [-0.25, -0.2) is 0 Å². The first-order valence-corrected chi connectivity index (χ1v) is 5.98. The van der Waals surface area contributed by atoms with Gasteiger partial charge in [0.2, 0.25) is 5.91 Å². The van der Waals surface area contributed by atoms with E-state index < -0.39 is 0 Å². The number of hydrogen-bond acceptors (Lipinski definition) is 2. The Morgan fingerprint density at radius 3 is 2.89 bits per heavy atom. The number of fused-ring (bicyclic) bond motifs is 1. The summed E-state index contributed by atoms with van der Waals surface area (Å²) < 4.78 is 0. The highest BCUT2D eigenvalue weighted by molar-refractivity contribution is 6.08. The summed E-state index contributed by atoms with van der Waals surface area (Å²) in [5.41, 5.74) is 1.43. The van der Waals surface area contributed by atoms with E-state index in [4.69, 9.17) is 0 Å². The van der Waals surface area contributed by atoms with E-state index in [0.29, 0.717) is 12.1 Å². The maximum Gasteiger partial charge on any atom is 0.250 e. The van der Waals surface area contributed by atoms with Crippen molar-refractivity contribution >= 4 is 23.2 Å².